The van der Waals surface area contributed by atoms with Crippen LogP contribution in [-0.2, 0) is 4.79 Å². The monoisotopic (exact) mass is 491 g/mol. The average molecular weight is 491 g/mol. The number of nitrogens with one attached hydrogen (secondary N) is 2. The number of hydrogen-bond donors (Lipinski definition) is 2. The molecule has 2 aromatic carbocycles. The summed E-state index contributed by atoms with van der Waals surface area (Å²) in [6, 6.07) is 11.0. The molecule has 1 aliphatic rings. The van der Waals surface area contributed by atoms with Crippen LogP contribution in [0.4, 0.5) is 17.1 Å². The Bertz CT molecular complexity index is 958. The highest BCUT2D eigenvalue weighted by Gasteiger charge is 2.18. The van der Waals surface area contributed by atoms with Gasteiger partial charge in [0.15, 0.2) is 0 Å². The first kappa shape index (κ1) is 20.0. The molecule has 2 N–H and O–H groups in total. The number of benzene rings is 2. The Morgan fingerprint density at radius 3 is 2.46 bits per heavy atom. The Morgan fingerprint density at radius 1 is 1.14 bits per heavy atom. The third kappa shape index (κ3) is 4.94. The molecule has 0 radical (unpaired) electrons. The molecule has 0 bridgehead atoms. The quantitative estimate of drug-likeness (QED) is 0.264. The van der Waals surface area contributed by atoms with Gasteiger partial charge in [0.2, 0.25) is 5.91 Å². The van der Waals surface area contributed by atoms with Crippen LogP contribution in [0.3, 0.4) is 0 Å². The number of non-ortho nitro benzene ring substituents is 1. The third-order valence-corrected chi connectivity index (χ3v) is 5.31. The molecule has 3 rings (SSSR count). The van der Waals surface area contributed by atoms with Crippen molar-refractivity contribution in [3.63, 3.8) is 0 Å². The van der Waals surface area contributed by atoms with Gasteiger partial charge in [-0.3, -0.25) is 19.7 Å². The minimum Gasteiger partial charge on any atom is -0.324 e. The van der Waals surface area contributed by atoms with Crippen LogP contribution < -0.4 is 10.6 Å². The van der Waals surface area contributed by atoms with Crippen LogP contribution in [0.2, 0.25) is 0 Å². The van der Waals surface area contributed by atoms with Gasteiger partial charge in [-0.25, -0.2) is 0 Å². The van der Waals surface area contributed by atoms with E-state index < -0.39 is 10.8 Å². The fraction of sp³-hybridized carbons (Fsp3) is 0.200. The Balaban J connectivity index is 1.72. The van der Waals surface area contributed by atoms with E-state index in [2.05, 4.69) is 22.8 Å². The van der Waals surface area contributed by atoms with Gasteiger partial charge in [-0.1, -0.05) is 24.3 Å². The number of amides is 2. The Kier molecular flexibility index (Phi) is 6.40. The summed E-state index contributed by atoms with van der Waals surface area (Å²) in [6.45, 7) is 0. The van der Waals surface area contributed by atoms with Gasteiger partial charge in [0.05, 0.1) is 21.9 Å². The van der Waals surface area contributed by atoms with Gasteiger partial charge in [0, 0.05) is 22.1 Å². The van der Waals surface area contributed by atoms with Crippen LogP contribution in [0.5, 0.6) is 0 Å². The highest BCUT2D eigenvalue weighted by molar-refractivity contribution is 14.1. The standard InChI is InChI=1S/C20H18IN3O4/c21-16-12-14(24(27)28)9-10-15(16)20(26)23-18-8-4-3-7-17(18)22-19(25)11-13-5-1-2-6-13/h1,3-5,7-10,12-13H,2,6,11H2,(H,22,25)(H,23,26). The van der Waals surface area contributed by atoms with Crippen molar-refractivity contribution in [2.45, 2.75) is 19.3 Å². The number of allylic oxidation sites excluding steroid dienone is 2. The number of nitro groups is 1. The number of nitro benzene ring substituents is 1. The molecule has 0 saturated carbocycles. The lowest BCUT2D eigenvalue weighted by molar-refractivity contribution is -0.384. The summed E-state index contributed by atoms with van der Waals surface area (Å²) in [7, 11) is 0. The van der Waals surface area contributed by atoms with Gasteiger partial charge in [0.25, 0.3) is 11.6 Å². The first-order chi connectivity index (χ1) is 13.4. The fourth-order valence-electron chi connectivity index (χ4n) is 3.00. The van der Waals surface area contributed by atoms with Crippen molar-refractivity contribution in [1.29, 1.82) is 0 Å². The lowest BCUT2D eigenvalue weighted by Crippen LogP contribution is -2.18. The Labute approximate surface area is 175 Å². The molecular weight excluding hydrogens is 473 g/mol. The van der Waals surface area contributed by atoms with Crippen molar-refractivity contribution in [2.75, 3.05) is 10.6 Å². The second kappa shape index (κ2) is 8.96. The maximum Gasteiger partial charge on any atom is 0.270 e. The number of carbonyl (C=O) groups excluding carboxylic acids is 2. The first-order valence-corrected chi connectivity index (χ1v) is 9.83. The lowest BCUT2D eigenvalue weighted by Gasteiger charge is -2.14. The van der Waals surface area contributed by atoms with Gasteiger partial charge in [0.1, 0.15) is 0 Å². The lowest BCUT2D eigenvalue weighted by atomic mass is 10.0. The van der Waals surface area contributed by atoms with Gasteiger partial charge >= 0.3 is 0 Å². The van der Waals surface area contributed by atoms with E-state index in [1.54, 1.807) is 24.3 Å². The molecule has 2 aromatic rings. The number of hydrogen-bond acceptors (Lipinski definition) is 4. The third-order valence-electron chi connectivity index (χ3n) is 4.42. The molecule has 2 amide bonds. The Hall–Kier alpha value is -2.75. The van der Waals surface area contributed by atoms with Gasteiger partial charge in [-0.15, -0.1) is 0 Å². The molecule has 1 aliphatic carbocycles. The molecule has 1 atom stereocenters. The van der Waals surface area contributed by atoms with Gasteiger partial charge < -0.3 is 10.6 Å². The van der Waals surface area contributed by atoms with Crippen molar-refractivity contribution < 1.29 is 14.5 Å². The van der Waals surface area contributed by atoms with E-state index >= 15 is 0 Å². The second-order valence-corrected chi connectivity index (χ2v) is 7.60. The predicted molar refractivity (Wildman–Crippen MR) is 115 cm³/mol. The normalized spacial score (nSPS) is 15.2. The number of rotatable bonds is 6. The summed E-state index contributed by atoms with van der Waals surface area (Å²) >= 11 is 1.89. The molecule has 0 aromatic heterocycles. The largest absolute Gasteiger partial charge is 0.324 e. The number of nitrogens with zero attached hydrogens (tertiary/aromatic N) is 1. The molecule has 0 heterocycles. The van der Waals surface area contributed by atoms with Crippen molar-refractivity contribution >= 4 is 51.5 Å². The van der Waals surface area contributed by atoms with Gasteiger partial charge in [-0.2, -0.15) is 0 Å². The molecule has 0 fully saturated rings. The number of para-hydroxylation sites is 2. The van der Waals surface area contributed by atoms with E-state index in [-0.39, 0.29) is 17.5 Å². The van der Waals surface area contributed by atoms with Crippen LogP contribution in [0, 0.1) is 19.6 Å². The topological polar surface area (TPSA) is 101 Å². The van der Waals surface area contributed by atoms with Crippen LogP contribution in [0.1, 0.15) is 29.6 Å². The van der Waals surface area contributed by atoms with E-state index in [0.29, 0.717) is 26.9 Å². The van der Waals surface area contributed by atoms with E-state index in [1.807, 2.05) is 22.6 Å². The van der Waals surface area contributed by atoms with Crippen molar-refractivity contribution in [3.05, 3.63) is 73.9 Å². The average Bonchev–Trinajstić information content (AvgIpc) is 3.15. The van der Waals surface area contributed by atoms with Crippen LogP contribution >= 0.6 is 22.6 Å². The first-order valence-electron chi connectivity index (χ1n) is 8.75. The number of anilines is 2. The Morgan fingerprint density at radius 2 is 1.86 bits per heavy atom. The molecule has 0 aliphatic heterocycles. The van der Waals surface area contributed by atoms with E-state index in [4.69, 9.17) is 0 Å². The number of halogens is 1. The van der Waals surface area contributed by atoms with E-state index in [1.165, 1.54) is 18.2 Å². The SMILES string of the molecule is O=C(CC1C=CCC1)Nc1ccccc1NC(=O)c1ccc([N+](=O)[O-])cc1I. The zero-order valence-electron chi connectivity index (χ0n) is 14.9. The summed E-state index contributed by atoms with van der Waals surface area (Å²) in [6.07, 6.45) is 6.52. The van der Waals surface area contributed by atoms with E-state index in [9.17, 15) is 19.7 Å². The zero-order chi connectivity index (χ0) is 20.1. The van der Waals surface area contributed by atoms with Crippen molar-refractivity contribution in [1.82, 2.24) is 0 Å². The van der Waals surface area contributed by atoms with Crippen LogP contribution in [0.15, 0.2) is 54.6 Å². The summed E-state index contributed by atoms with van der Waals surface area (Å²) in [5.74, 6) is -0.258. The zero-order valence-corrected chi connectivity index (χ0v) is 17.0. The maximum absolute atomic E-state index is 12.6. The summed E-state index contributed by atoms with van der Waals surface area (Å²) in [4.78, 5) is 35.3. The van der Waals surface area contributed by atoms with E-state index in [0.717, 1.165) is 12.8 Å². The fourth-order valence-corrected chi connectivity index (χ4v) is 3.74. The second-order valence-electron chi connectivity index (χ2n) is 6.44. The summed E-state index contributed by atoms with van der Waals surface area (Å²) in [5, 5.41) is 16.5. The van der Waals surface area contributed by atoms with Crippen LogP contribution in [-0.4, -0.2) is 16.7 Å². The van der Waals surface area contributed by atoms with Crippen molar-refractivity contribution in [2.24, 2.45) is 5.92 Å². The van der Waals surface area contributed by atoms with Crippen LogP contribution in [0.25, 0.3) is 0 Å². The molecule has 0 spiro atoms. The molecule has 1 unspecified atom stereocenters. The minimum absolute atomic E-state index is 0.0745. The molecular formula is C20H18IN3O4. The van der Waals surface area contributed by atoms with Gasteiger partial charge in [-0.05, 0) is 59.5 Å². The minimum atomic E-state index is -0.506. The maximum atomic E-state index is 12.6. The number of carbonyl (C=O) groups is 2. The smallest absolute Gasteiger partial charge is 0.270 e. The molecule has 144 valence electrons. The summed E-state index contributed by atoms with van der Waals surface area (Å²) < 4.78 is 0.471. The molecule has 0 saturated heterocycles. The molecule has 28 heavy (non-hydrogen) atoms. The highest BCUT2D eigenvalue weighted by atomic mass is 127. The molecule has 8 heteroatoms. The van der Waals surface area contributed by atoms with Crippen molar-refractivity contribution in [3.8, 4) is 0 Å². The predicted octanol–water partition coefficient (Wildman–Crippen LogP) is 4.75. The highest BCUT2D eigenvalue weighted by Crippen LogP contribution is 2.26. The summed E-state index contributed by atoms with van der Waals surface area (Å²) in [5.41, 5.74) is 1.23. The molecule has 7 nitrogen and oxygen atoms in total.